The SMILES string of the molecule is CC1CCN(CC2CCNC2C)CC1C. The summed E-state index contributed by atoms with van der Waals surface area (Å²) in [5.41, 5.74) is 0. The van der Waals surface area contributed by atoms with Gasteiger partial charge in [-0.05, 0) is 50.6 Å². The van der Waals surface area contributed by atoms with Gasteiger partial charge in [-0.2, -0.15) is 0 Å². The standard InChI is InChI=1S/C13H26N2/c1-10-5-7-15(8-11(10)2)9-13-4-6-14-12(13)3/h10-14H,4-9H2,1-3H3. The van der Waals surface area contributed by atoms with Crippen molar-refractivity contribution in [2.45, 2.75) is 39.7 Å². The highest BCUT2D eigenvalue weighted by Crippen LogP contribution is 2.25. The van der Waals surface area contributed by atoms with Crippen LogP contribution < -0.4 is 5.32 Å². The predicted octanol–water partition coefficient (Wildman–Crippen LogP) is 1.96. The van der Waals surface area contributed by atoms with Gasteiger partial charge in [-0.3, -0.25) is 0 Å². The average Bonchev–Trinajstić information content (AvgIpc) is 2.59. The molecule has 0 amide bonds. The summed E-state index contributed by atoms with van der Waals surface area (Å²) in [4.78, 5) is 2.69. The van der Waals surface area contributed by atoms with Crippen molar-refractivity contribution in [3.63, 3.8) is 0 Å². The molecule has 2 saturated heterocycles. The van der Waals surface area contributed by atoms with Crippen LogP contribution in [-0.2, 0) is 0 Å². The first-order chi connectivity index (χ1) is 7.16. The molecule has 2 fully saturated rings. The first-order valence-electron chi connectivity index (χ1n) is 6.62. The fourth-order valence-electron chi connectivity index (χ4n) is 3.01. The van der Waals surface area contributed by atoms with Crippen LogP contribution in [0.25, 0.3) is 0 Å². The molecule has 0 radical (unpaired) electrons. The Morgan fingerprint density at radius 2 is 1.93 bits per heavy atom. The van der Waals surface area contributed by atoms with Crippen molar-refractivity contribution in [2.75, 3.05) is 26.2 Å². The molecule has 0 aromatic heterocycles. The molecule has 1 N–H and O–H groups in total. The quantitative estimate of drug-likeness (QED) is 0.749. The molecule has 2 aliphatic rings. The molecule has 0 bridgehead atoms. The second-order valence-corrected chi connectivity index (χ2v) is 5.79. The van der Waals surface area contributed by atoms with Gasteiger partial charge in [0.25, 0.3) is 0 Å². The zero-order valence-electron chi connectivity index (χ0n) is 10.5. The van der Waals surface area contributed by atoms with Crippen molar-refractivity contribution in [1.29, 1.82) is 0 Å². The first-order valence-corrected chi connectivity index (χ1v) is 6.62. The van der Waals surface area contributed by atoms with E-state index >= 15 is 0 Å². The van der Waals surface area contributed by atoms with Gasteiger partial charge in [0.2, 0.25) is 0 Å². The number of nitrogens with one attached hydrogen (secondary N) is 1. The molecule has 0 aromatic carbocycles. The molecule has 15 heavy (non-hydrogen) atoms. The smallest absolute Gasteiger partial charge is 0.00796 e. The lowest BCUT2D eigenvalue weighted by Crippen LogP contribution is -2.42. The van der Waals surface area contributed by atoms with Crippen LogP contribution in [0, 0.1) is 17.8 Å². The Labute approximate surface area is 94.4 Å². The van der Waals surface area contributed by atoms with Gasteiger partial charge in [-0.1, -0.05) is 13.8 Å². The monoisotopic (exact) mass is 210 g/mol. The van der Waals surface area contributed by atoms with Gasteiger partial charge < -0.3 is 10.2 Å². The minimum absolute atomic E-state index is 0.736. The average molecular weight is 210 g/mol. The molecule has 2 rings (SSSR count). The maximum absolute atomic E-state index is 3.55. The second kappa shape index (κ2) is 4.84. The fourth-order valence-corrected chi connectivity index (χ4v) is 3.01. The number of likely N-dealkylation sites (tertiary alicyclic amines) is 1. The van der Waals surface area contributed by atoms with Crippen LogP contribution in [0.2, 0.25) is 0 Å². The van der Waals surface area contributed by atoms with E-state index < -0.39 is 0 Å². The van der Waals surface area contributed by atoms with E-state index in [1.807, 2.05) is 0 Å². The summed E-state index contributed by atoms with van der Waals surface area (Å²) < 4.78 is 0. The van der Waals surface area contributed by atoms with Crippen LogP contribution >= 0.6 is 0 Å². The highest BCUT2D eigenvalue weighted by molar-refractivity contribution is 4.84. The summed E-state index contributed by atoms with van der Waals surface area (Å²) in [6.45, 7) is 12.4. The van der Waals surface area contributed by atoms with E-state index in [0.717, 1.165) is 23.8 Å². The Morgan fingerprint density at radius 3 is 2.53 bits per heavy atom. The number of piperidine rings is 1. The van der Waals surface area contributed by atoms with E-state index in [-0.39, 0.29) is 0 Å². The van der Waals surface area contributed by atoms with E-state index in [4.69, 9.17) is 0 Å². The largest absolute Gasteiger partial charge is 0.314 e. The Hall–Kier alpha value is -0.0800. The van der Waals surface area contributed by atoms with Gasteiger partial charge in [0.05, 0.1) is 0 Å². The molecule has 2 heteroatoms. The molecule has 4 unspecified atom stereocenters. The zero-order chi connectivity index (χ0) is 10.8. The van der Waals surface area contributed by atoms with Gasteiger partial charge in [0, 0.05) is 19.1 Å². The van der Waals surface area contributed by atoms with Gasteiger partial charge in [-0.25, -0.2) is 0 Å². The lowest BCUT2D eigenvalue weighted by Gasteiger charge is -2.37. The maximum Gasteiger partial charge on any atom is 0.00796 e. The van der Waals surface area contributed by atoms with Gasteiger partial charge in [-0.15, -0.1) is 0 Å². The molecule has 0 aromatic rings. The van der Waals surface area contributed by atoms with Crippen molar-refractivity contribution in [1.82, 2.24) is 10.2 Å². The fraction of sp³-hybridized carbons (Fsp3) is 1.00. The van der Waals surface area contributed by atoms with Crippen molar-refractivity contribution in [3.8, 4) is 0 Å². The molecule has 2 heterocycles. The van der Waals surface area contributed by atoms with E-state index in [9.17, 15) is 0 Å². The summed E-state index contributed by atoms with van der Waals surface area (Å²) in [6, 6.07) is 0.736. The Kier molecular flexibility index (Phi) is 3.68. The summed E-state index contributed by atoms with van der Waals surface area (Å²) in [7, 11) is 0. The van der Waals surface area contributed by atoms with E-state index in [1.54, 1.807) is 0 Å². The molecule has 0 aliphatic carbocycles. The van der Waals surface area contributed by atoms with Crippen molar-refractivity contribution in [3.05, 3.63) is 0 Å². The summed E-state index contributed by atoms with van der Waals surface area (Å²) in [5.74, 6) is 2.72. The van der Waals surface area contributed by atoms with E-state index in [0.29, 0.717) is 0 Å². The van der Waals surface area contributed by atoms with Crippen LogP contribution in [0.5, 0.6) is 0 Å². The van der Waals surface area contributed by atoms with Crippen LogP contribution in [0.3, 0.4) is 0 Å². The van der Waals surface area contributed by atoms with Gasteiger partial charge in [0.15, 0.2) is 0 Å². The van der Waals surface area contributed by atoms with Crippen LogP contribution in [0.1, 0.15) is 33.6 Å². The van der Waals surface area contributed by atoms with Crippen molar-refractivity contribution < 1.29 is 0 Å². The van der Waals surface area contributed by atoms with Gasteiger partial charge >= 0.3 is 0 Å². The maximum atomic E-state index is 3.55. The van der Waals surface area contributed by atoms with Crippen molar-refractivity contribution >= 4 is 0 Å². The number of rotatable bonds is 2. The third-order valence-electron chi connectivity index (χ3n) is 4.60. The van der Waals surface area contributed by atoms with Crippen molar-refractivity contribution in [2.24, 2.45) is 17.8 Å². The number of hydrogen-bond acceptors (Lipinski definition) is 2. The van der Waals surface area contributed by atoms with Gasteiger partial charge in [0.1, 0.15) is 0 Å². The second-order valence-electron chi connectivity index (χ2n) is 5.79. The van der Waals surface area contributed by atoms with Crippen LogP contribution in [0.4, 0.5) is 0 Å². The van der Waals surface area contributed by atoms with E-state index in [2.05, 4.69) is 31.0 Å². The summed E-state index contributed by atoms with van der Waals surface area (Å²) >= 11 is 0. The molecular formula is C13H26N2. The minimum Gasteiger partial charge on any atom is -0.314 e. The molecule has 0 spiro atoms. The minimum atomic E-state index is 0.736. The Morgan fingerprint density at radius 1 is 1.13 bits per heavy atom. The Balaban J connectivity index is 1.80. The lowest BCUT2D eigenvalue weighted by atomic mass is 9.88. The first kappa shape index (κ1) is 11.4. The highest BCUT2D eigenvalue weighted by atomic mass is 15.1. The third kappa shape index (κ3) is 2.73. The number of hydrogen-bond donors (Lipinski definition) is 1. The summed E-state index contributed by atoms with van der Waals surface area (Å²) in [6.07, 6.45) is 2.78. The summed E-state index contributed by atoms with van der Waals surface area (Å²) in [5, 5.41) is 3.55. The molecule has 2 nitrogen and oxygen atoms in total. The molecule has 2 aliphatic heterocycles. The zero-order valence-corrected chi connectivity index (χ0v) is 10.5. The number of nitrogens with zero attached hydrogens (tertiary/aromatic N) is 1. The van der Waals surface area contributed by atoms with Crippen LogP contribution in [0.15, 0.2) is 0 Å². The molecule has 88 valence electrons. The lowest BCUT2D eigenvalue weighted by molar-refractivity contribution is 0.118. The molecule has 0 saturated carbocycles. The normalized spacial score (nSPS) is 43.4. The third-order valence-corrected chi connectivity index (χ3v) is 4.60. The Bertz CT molecular complexity index is 205. The molecular weight excluding hydrogens is 184 g/mol. The highest BCUT2D eigenvalue weighted by Gasteiger charge is 2.28. The van der Waals surface area contributed by atoms with Crippen LogP contribution in [-0.4, -0.2) is 37.1 Å². The van der Waals surface area contributed by atoms with E-state index in [1.165, 1.54) is 39.0 Å². The molecule has 4 atom stereocenters. The predicted molar refractivity (Wildman–Crippen MR) is 65.0 cm³/mol. The topological polar surface area (TPSA) is 15.3 Å².